The van der Waals surface area contributed by atoms with Crippen molar-refractivity contribution >= 4 is 6.08 Å². The van der Waals surface area contributed by atoms with Crippen molar-refractivity contribution in [1.29, 1.82) is 0 Å². The van der Waals surface area contributed by atoms with Crippen molar-refractivity contribution in [3.8, 4) is 11.5 Å². The van der Waals surface area contributed by atoms with Gasteiger partial charge in [-0.25, -0.2) is 9.67 Å². The van der Waals surface area contributed by atoms with E-state index >= 15 is 0 Å². The third kappa shape index (κ3) is 3.69. The quantitative estimate of drug-likeness (QED) is 0.875. The van der Waals surface area contributed by atoms with E-state index in [9.17, 15) is 0 Å². The SMILES string of the molecule is CCCOc1ccc2c(c1)OCC(CN[C@H]1CCc3ncnn3C1)=C2. The lowest BCUT2D eigenvalue weighted by molar-refractivity contribution is 0.307. The van der Waals surface area contributed by atoms with Crippen molar-refractivity contribution < 1.29 is 9.47 Å². The monoisotopic (exact) mass is 340 g/mol. The summed E-state index contributed by atoms with van der Waals surface area (Å²) < 4.78 is 13.6. The van der Waals surface area contributed by atoms with Crippen LogP contribution in [-0.4, -0.2) is 40.6 Å². The second-order valence-corrected chi connectivity index (χ2v) is 6.61. The highest BCUT2D eigenvalue weighted by molar-refractivity contribution is 5.63. The molecule has 6 heteroatoms. The lowest BCUT2D eigenvalue weighted by Crippen LogP contribution is -2.39. The third-order valence-corrected chi connectivity index (χ3v) is 4.65. The van der Waals surface area contributed by atoms with Crippen LogP contribution < -0.4 is 14.8 Å². The number of hydrogen-bond acceptors (Lipinski definition) is 5. The van der Waals surface area contributed by atoms with Gasteiger partial charge in [0.15, 0.2) is 0 Å². The summed E-state index contributed by atoms with van der Waals surface area (Å²) in [4.78, 5) is 4.27. The Hall–Kier alpha value is -2.34. The van der Waals surface area contributed by atoms with Gasteiger partial charge >= 0.3 is 0 Å². The van der Waals surface area contributed by atoms with Gasteiger partial charge in [0.25, 0.3) is 0 Å². The Bertz CT molecular complexity index is 769. The van der Waals surface area contributed by atoms with Gasteiger partial charge in [-0.05, 0) is 36.6 Å². The van der Waals surface area contributed by atoms with Crippen LogP contribution in [-0.2, 0) is 13.0 Å². The number of nitrogens with zero attached hydrogens (tertiary/aromatic N) is 3. The number of fused-ring (bicyclic) bond motifs is 2. The number of hydrogen-bond donors (Lipinski definition) is 1. The predicted molar refractivity (Wildman–Crippen MR) is 95.8 cm³/mol. The molecule has 4 rings (SSSR count). The summed E-state index contributed by atoms with van der Waals surface area (Å²) in [5.74, 6) is 2.87. The molecule has 0 unspecified atom stereocenters. The molecule has 132 valence electrons. The molecule has 0 saturated heterocycles. The summed E-state index contributed by atoms with van der Waals surface area (Å²) in [6.45, 7) is 5.19. The molecule has 0 fully saturated rings. The fourth-order valence-corrected chi connectivity index (χ4v) is 3.28. The predicted octanol–water partition coefficient (Wildman–Crippen LogP) is 2.45. The van der Waals surface area contributed by atoms with Crippen LogP contribution in [0, 0.1) is 0 Å². The first kappa shape index (κ1) is 16.1. The minimum atomic E-state index is 0.432. The Morgan fingerprint density at radius 2 is 2.36 bits per heavy atom. The van der Waals surface area contributed by atoms with Crippen LogP contribution in [0.3, 0.4) is 0 Å². The number of nitrogens with one attached hydrogen (secondary N) is 1. The van der Waals surface area contributed by atoms with Crippen LogP contribution in [0.2, 0.25) is 0 Å². The number of rotatable bonds is 6. The molecule has 0 amide bonds. The lowest BCUT2D eigenvalue weighted by Gasteiger charge is -2.25. The first-order valence-electron chi connectivity index (χ1n) is 9.01. The number of aromatic nitrogens is 3. The highest BCUT2D eigenvalue weighted by atomic mass is 16.5. The first-order chi connectivity index (χ1) is 12.3. The average molecular weight is 340 g/mol. The molecule has 25 heavy (non-hydrogen) atoms. The standard InChI is InChI=1S/C19H24N4O2/c1-2-7-24-17-5-3-15-8-14(12-25-18(15)9-17)10-20-16-4-6-19-21-13-22-23(19)11-16/h3,5,8-9,13,16,20H,2,4,6-7,10-12H2,1H3/t16-/m0/s1. The van der Waals surface area contributed by atoms with E-state index in [1.807, 2.05) is 16.8 Å². The largest absolute Gasteiger partial charge is 0.493 e. The van der Waals surface area contributed by atoms with E-state index in [1.165, 1.54) is 5.57 Å². The Balaban J connectivity index is 1.36. The van der Waals surface area contributed by atoms with E-state index in [2.05, 4.69) is 34.5 Å². The Labute approximate surface area is 147 Å². The normalized spacial score (nSPS) is 18.8. The van der Waals surface area contributed by atoms with Crippen LogP contribution in [0.4, 0.5) is 0 Å². The van der Waals surface area contributed by atoms with Crippen LogP contribution in [0.25, 0.3) is 6.08 Å². The molecule has 0 radical (unpaired) electrons. The zero-order valence-corrected chi connectivity index (χ0v) is 14.6. The maximum absolute atomic E-state index is 5.92. The van der Waals surface area contributed by atoms with Crippen molar-refractivity contribution in [1.82, 2.24) is 20.1 Å². The second-order valence-electron chi connectivity index (χ2n) is 6.61. The molecule has 0 saturated carbocycles. The number of ether oxygens (including phenoxy) is 2. The van der Waals surface area contributed by atoms with Crippen LogP contribution >= 0.6 is 0 Å². The van der Waals surface area contributed by atoms with E-state index in [4.69, 9.17) is 9.47 Å². The fraction of sp³-hybridized carbons (Fsp3) is 0.474. The molecular formula is C19H24N4O2. The summed E-state index contributed by atoms with van der Waals surface area (Å²) in [6, 6.07) is 6.50. The molecule has 1 aromatic carbocycles. The van der Waals surface area contributed by atoms with Crippen molar-refractivity contribution in [3.63, 3.8) is 0 Å². The lowest BCUT2D eigenvalue weighted by atomic mass is 10.0. The van der Waals surface area contributed by atoms with Gasteiger partial charge in [-0.15, -0.1) is 0 Å². The van der Waals surface area contributed by atoms with E-state index in [-0.39, 0.29) is 0 Å². The Kier molecular flexibility index (Phi) is 4.70. The third-order valence-electron chi connectivity index (χ3n) is 4.65. The number of benzene rings is 1. The van der Waals surface area contributed by atoms with Crippen molar-refractivity contribution in [2.45, 2.75) is 38.8 Å². The van der Waals surface area contributed by atoms with E-state index in [1.54, 1.807) is 6.33 Å². The maximum atomic E-state index is 5.92. The Morgan fingerprint density at radius 1 is 1.40 bits per heavy atom. The smallest absolute Gasteiger partial charge is 0.138 e. The molecule has 1 atom stereocenters. The van der Waals surface area contributed by atoms with Crippen LogP contribution in [0.5, 0.6) is 11.5 Å². The van der Waals surface area contributed by atoms with E-state index in [0.29, 0.717) is 12.6 Å². The van der Waals surface area contributed by atoms with Gasteiger partial charge in [0.2, 0.25) is 0 Å². The molecule has 3 heterocycles. The second kappa shape index (κ2) is 7.27. The minimum Gasteiger partial charge on any atom is -0.493 e. The molecular weight excluding hydrogens is 316 g/mol. The molecule has 0 bridgehead atoms. The molecule has 2 aliphatic rings. The van der Waals surface area contributed by atoms with Gasteiger partial charge in [0.1, 0.15) is 30.3 Å². The molecule has 1 aromatic heterocycles. The van der Waals surface area contributed by atoms with Crippen molar-refractivity contribution in [2.24, 2.45) is 0 Å². The van der Waals surface area contributed by atoms with Gasteiger partial charge in [-0.1, -0.05) is 6.92 Å². The van der Waals surface area contributed by atoms with Crippen molar-refractivity contribution in [3.05, 3.63) is 41.5 Å². The summed E-state index contributed by atoms with van der Waals surface area (Å²) >= 11 is 0. The molecule has 2 aliphatic heterocycles. The zero-order valence-electron chi connectivity index (χ0n) is 14.6. The van der Waals surface area contributed by atoms with Gasteiger partial charge in [-0.2, -0.15) is 5.10 Å². The van der Waals surface area contributed by atoms with Gasteiger partial charge in [-0.3, -0.25) is 0 Å². The number of aryl methyl sites for hydroxylation is 1. The summed E-state index contributed by atoms with van der Waals surface area (Å²) in [6.07, 6.45) is 6.95. The van der Waals surface area contributed by atoms with E-state index in [0.717, 1.165) is 61.8 Å². The highest BCUT2D eigenvalue weighted by Crippen LogP contribution is 2.30. The Morgan fingerprint density at radius 3 is 3.28 bits per heavy atom. The maximum Gasteiger partial charge on any atom is 0.138 e. The summed E-state index contributed by atoms with van der Waals surface area (Å²) in [5.41, 5.74) is 2.38. The van der Waals surface area contributed by atoms with E-state index < -0.39 is 0 Å². The average Bonchev–Trinajstić information content (AvgIpc) is 3.12. The fourth-order valence-electron chi connectivity index (χ4n) is 3.28. The topological polar surface area (TPSA) is 61.2 Å². The van der Waals surface area contributed by atoms with Gasteiger partial charge in [0, 0.05) is 30.6 Å². The first-order valence-corrected chi connectivity index (χ1v) is 9.01. The van der Waals surface area contributed by atoms with Gasteiger partial charge in [0.05, 0.1) is 13.2 Å². The van der Waals surface area contributed by atoms with Crippen LogP contribution in [0.15, 0.2) is 30.1 Å². The molecule has 2 aromatic rings. The summed E-state index contributed by atoms with van der Waals surface area (Å²) in [5, 5.41) is 7.91. The molecule has 6 nitrogen and oxygen atoms in total. The van der Waals surface area contributed by atoms with Crippen LogP contribution in [0.1, 0.15) is 31.2 Å². The molecule has 0 spiro atoms. The highest BCUT2D eigenvalue weighted by Gasteiger charge is 2.20. The minimum absolute atomic E-state index is 0.432. The van der Waals surface area contributed by atoms with Gasteiger partial charge < -0.3 is 14.8 Å². The molecule has 1 N–H and O–H groups in total. The summed E-state index contributed by atoms with van der Waals surface area (Å²) in [7, 11) is 0. The van der Waals surface area contributed by atoms with Crippen molar-refractivity contribution in [2.75, 3.05) is 19.8 Å². The zero-order chi connectivity index (χ0) is 17.1. The molecule has 0 aliphatic carbocycles.